The lowest BCUT2D eigenvalue weighted by molar-refractivity contribution is -0.133. The Labute approximate surface area is 107 Å². The predicted molar refractivity (Wildman–Crippen MR) is 65.6 cm³/mol. The Balaban J connectivity index is 4.46. The number of carbonyl (C=O) groups is 3. The number of amides is 3. The molecule has 7 heteroatoms. The molecule has 0 aliphatic heterocycles. The summed E-state index contributed by atoms with van der Waals surface area (Å²) in [5.41, 5.74) is -0.134. The quantitative estimate of drug-likeness (QED) is 0.679. The van der Waals surface area contributed by atoms with Gasteiger partial charge in [0, 0.05) is 15.6 Å². The van der Waals surface area contributed by atoms with Gasteiger partial charge in [0.05, 0.1) is 6.54 Å². The standard InChI is InChI=1S/C10H13BrN2O4/c1-5(11)4-12-10(17)13-8(14)6(2)7(3)9(15)16/h1,4H2,2-3H3,(H,15,16)(H2,12,13,14,17). The van der Waals surface area contributed by atoms with Gasteiger partial charge < -0.3 is 10.4 Å². The molecule has 0 aromatic heterocycles. The van der Waals surface area contributed by atoms with Crippen LogP contribution in [-0.4, -0.2) is 29.6 Å². The maximum Gasteiger partial charge on any atom is 0.331 e. The third-order valence-electron chi connectivity index (χ3n) is 1.89. The molecular formula is C10H13BrN2O4. The van der Waals surface area contributed by atoms with Crippen molar-refractivity contribution in [3.8, 4) is 0 Å². The Kier molecular flexibility index (Phi) is 6.19. The van der Waals surface area contributed by atoms with Crippen molar-refractivity contribution in [2.45, 2.75) is 13.8 Å². The molecule has 17 heavy (non-hydrogen) atoms. The molecule has 0 saturated carbocycles. The molecule has 0 spiro atoms. The van der Waals surface area contributed by atoms with Gasteiger partial charge in [0.25, 0.3) is 5.91 Å². The van der Waals surface area contributed by atoms with E-state index in [2.05, 4.69) is 27.8 Å². The SMILES string of the molecule is C=C(Br)CNC(=O)NC(=O)C(C)=C(C)C(=O)O. The molecule has 0 unspecified atom stereocenters. The van der Waals surface area contributed by atoms with Gasteiger partial charge in [0.2, 0.25) is 0 Å². The largest absolute Gasteiger partial charge is 0.478 e. The second kappa shape index (κ2) is 6.85. The molecule has 0 heterocycles. The zero-order chi connectivity index (χ0) is 13.6. The van der Waals surface area contributed by atoms with Gasteiger partial charge in [0.15, 0.2) is 0 Å². The molecule has 0 rings (SSSR count). The number of carboxylic acid groups (broad SMARTS) is 1. The van der Waals surface area contributed by atoms with Gasteiger partial charge in [-0.25, -0.2) is 9.59 Å². The highest BCUT2D eigenvalue weighted by molar-refractivity contribution is 9.11. The molecule has 0 aliphatic carbocycles. The van der Waals surface area contributed by atoms with Crippen LogP contribution in [0.25, 0.3) is 0 Å². The molecule has 0 atom stereocenters. The molecule has 0 radical (unpaired) electrons. The van der Waals surface area contributed by atoms with E-state index in [0.717, 1.165) is 0 Å². The fourth-order valence-corrected chi connectivity index (χ4v) is 0.888. The van der Waals surface area contributed by atoms with E-state index in [0.29, 0.717) is 4.48 Å². The Bertz CT molecular complexity index is 401. The Hall–Kier alpha value is -1.63. The van der Waals surface area contributed by atoms with Crippen molar-refractivity contribution in [3.63, 3.8) is 0 Å². The summed E-state index contributed by atoms with van der Waals surface area (Å²) in [6.07, 6.45) is 0. The normalized spacial score (nSPS) is 11.2. The number of halogens is 1. The number of imide groups is 1. The topological polar surface area (TPSA) is 95.5 Å². The first-order valence-corrected chi connectivity index (χ1v) is 5.38. The van der Waals surface area contributed by atoms with E-state index < -0.39 is 17.9 Å². The van der Waals surface area contributed by atoms with Crippen molar-refractivity contribution in [1.29, 1.82) is 0 Å². The van der Waals surface area contributed by atoms with E-state index >= 15 is 0 Å². The molecular weight excluding hydrogens is 292 g/mol. The number of nitrogens with one attached hydrogen (secondary N) is 2. The molecule has 0 bridgehead atoms. The number of aliphatic carboxylic acids is 1. The third-order valence-corrected chi connectivity index (χ3v) is 2.17. The molecule has 6 nitrogen and oxygen atoms in total. The van der Waals surface area contributed by atoms with Gasteiger partial charge >= 0.3 is 12.0 Å². The van der Waals surface area contributed by atoms with Gasteiger partial charge in [-0.3, -0.25) is 10.1 Å². The Morgan fingerprint density at radius 2 is 1.76 bits per heavy atom. The summed E-state index contributed by atoms with van der Waals surface area (Å²) in [6.45, 7) is 6.28. The number of urea groups is 1. The molecule has 0 fully saturated rings. The number of carboxylic acids is 1. The molecule has 3 N–H and O–H groups in total. The lowest BCUT2D eigenvalue weighted by atomic mass is 10.1. The van der Waals surface area contributed by atoms with Crippen LogP contribution in [0.5, 0.6) is 0 Å². The number of hydrogen-bond acceptors (Lipinski definition) is 3. The van der Waals surface area contributed by atoms with E-state index in [1.807, 2.05) is 5.32 Å². The minimum absolute atomic E-state index is 0.0229. The van der Waals surface area contributed by atoms with E-state index in [1.54, 1.807) is 0 Å². The van der Waals surface area contributed by atoms with Gasteiger partial charge in [0.1, 0.15) is 0 Å². The number of carbonyl (C=O) groups excluding carboxylic acids is 2. The number of hydrogen-bond donors (Lipinski definition) is 3. The Morgan fingerprint density at radius 1 is 1.24 bits per heavy atom. The molecule has 0 saturated heterocycles. The maximum absolute atomic E-state index is 11.4. The Morgan fingerprint density at radius 3 is 2.18 bits per heavy atom. The summed E-state index contributed by atoms with van der Waals surface area (Å²) in [7, 11) is 0. The third kappa shape index (κ3) is 5.86. The van der Waals surface area contributed by atoms with Crippen LogP contribution in [0.2, 0.25) is 0 Å². The van der Waals surface area contributed by atoms with Crippen molar-refractivity contribution < 1.29 is 19.5 Å². The van der Waals surface area contributed by atoms with Crippen LogP contribution in [0, 0.1) is 0 Å². The van der Waals surface area contributed by atoms with E-state index in [4.69, 9.17) is 5.11 Å². The first-order valence-electron chi connectivity index (χ1n) is 4.59. The van der Waals surface area contributed by atoms with Crippen molar-refractivity contribution in [1.82, 2.24) is 10.6 Å². The van der Waals surface area contributed by atoms with Crippen LogP contribution < -0.4 is 10.6 Å². The van der Waals surface area contributed by atoms with Crippen LogP contribution in [0.1, 0.15) is 13.8 Å². The van der Waals surface area contributed by atoms with Crippen molar-refractivity contribution in [2.24, 2.45) is 0 Å². The second-order valence-electron chi connectivity index (χ2n) is 3.21. The average molecular weight is 305 g/mol. The zero-order valence-electron chi connectivity index (χ0n) is 9.46. The van der Waals surface area contributed by atoms with E-state index in [-0.39, 0.29) is 17.7 Å². The van der Waals surface area contributed by atoms with Gasteiger partial charge in [-0.2, -0.15) is 0 Å². The lowest BCUT2D eigenvalue weighted by Gasteiger charge is -2.07. The van der Waals surface area contributed by atoms with Crippen molar-refractivity contribution in [2.75, 3.05) is 6.54 Å². The summed E-state index contributed by atoms with van der Waals surface area (Å²) >= 11 is 3.03. The summed E-state index contributed by atoms with van der Waals surface area (Å²) in [6, 6.07) is -0.715. The van der Waals surface area contributed by atoms with E-state index in [9.17, 15) is 14.4 Å². The van der Waals surface area contributed by atoms with Crippen LogP contribution in [0.4, 0.5) is 4.79 Å². The summed E-state index contributed by atoms with van der Waals surface area (Å²) < 4.78 is 0.550. The lowest BCUT2D eigenvalue weighted by Crippen LogP contribution is -2.40. The molecule has 3 amide bonds. The minimum atomic E-state index is -1.20. The summed E-state index contributed by atoms with van der Waals surface area (Å²) in [4.78, 5) is 33.2. The second-order valence-corrected chi connectivity index (χ2v) is 4.33. The minimum Gasteiger partial charge on any atom is -0.478 e. The summed E-state index contributed by atoms with van der Waals surface area (Å²) in [5.74, 6) is -1.95. The average Bonchev–Trinajstić information content (AvgIpc) is 2.23. The smallest absolute Gasteiger partial charge is 0.331 e. The van der Waals surface area contributed by atoms with E-state index in [1.165, 1.54) is 13.8 Å². The van der Waals surface area contributed by atoms with Crippen LogP contribution >= 0.6 is 15.9 Å². The first-order chi connectivity index (χ1) is 7.75. The highest BCUT2D eigenvalue weighted by atomic mass is 79.9. The summed E-state index contributed by atoms with van der Waals surface area (Å²) in [5, 5.41) is 13.0. The number of rotatable bonds is 4. The maximum atomic E-state index is 11.4. The molecule has 0 aromatic carbocycles. The highest BCUT2D eigenvalue weighted by Gasteiger charge is 2.14. The predicted octanol–water partition coefficient (Wildman–Crippen LogP) is 1.14. The van der Waals surface area contributed by atoms with Crippen molar-refractivity contribution >= 4 is 33.8 Å². The fraction of sp³-hybridized carbons (Fsp3) is 0.300. The molecule has 0 aliphatic rings. The zero-order valence-corrected chi connectivity index (χ0v) is 11.1. The van der Waals surface area contributed by atoms with Crippen LogP contribution in [0.15, 0.2) is 22.2 Å². The van der Waals surface area contributed by atoms with Crippen LogP contribution in [0.3, 0.4) is 0 Å². The van der Waals surface area contributed by atoms with Gasteiger partial charge in [-0.15, -0.1) is 0 Å². The van der Waals surface area contributed by atoms with Crippen molar-refractivity contribution in [3.05, 3.63) is 22.2 Å². The fourth-order valence-electron chi connectivity index (χ4n) is 0.748. The van der Waals surface area contributed by atoms with Gasteiger partial charge in [-0.05, 0) is 13.8 Å². The van der Waals surface area contributed by atoms with Crippen LogP contribution in [-0.2, 0) is 9.59 Å². The molecule has 94 valence electrons. The van der Waals surface area contributed by atoms with Gasteiger partial charge in [-0.1, -0.05) is 22.5 Å². The monoisotopic (exact) mass is 304 g/mol. The highest BCUT2D eigenvalue weighted by Crippen LogP contribution is 2.03. The molecule has 0 aromatic rings. The first kappa shape index (κ1) is 15.4.